The maximum Gasteiger partial charge on any atom is 0.251 e. The molecule has 0 aliphatic heterocycles. The first-order valence-corrected chi connectivity index (χ1v) is 9.89. The Morgan fingerprint density at radius 3 is 2.53 bits per heavy atom. The number of carbonyl (C=O) groups excluding carboxylic acids is 1. The molecular weight excluding hydrogens is 382 g/mol. The number of nitrogens with one attached hydrogen (secondary N) is 3. The van der Waals surface area contributed by atoms with Gasteiger partial charge in [-0.2, -0.15) is 0 Å². The first-order chi connectivity index (χ1) is 14.5. The third kappa shape index (κ3) is 5.46. The van der Waals surface area contributed by atoms with E-state index in [1.807, 2.05) is 0 Å². The van der Waals surface area contributed by atoms with Gasteiger partial charge in [-0.25, -0.2) is 0 Å². The number of aliphatic hydroxyl groups excluding tert-OH is 1. The average molecular weight is 408 g/mol. The zero-order chi connectivity index (χ0) is 21.5. The van der Waals surface area contributed by atoms with Crippen molar-refractivity contribution in [3.8, 4) is 5.75 Å². The summed E-state index contributed by atoms with van der Waals surface area (Å²) < 4.78 is 0. The van der Waals surface area contributed by atoms with E-state index in [1.165, 1.54) is 12.1 Å². The van der Waals surface area contributed by atoms with Crippen molar-refractivity contribution in [2.24, 2.45) is 0 Å². The molecule has 7 nitrogen and oxygen atoms in total. The van der Waals surface area contributed by atoms with Crippen molar-refractivity contribution >= 4 is 16.8 Å². The van der Waals surface area contributed by atoms with Crippen LogP contribution >= 0.6 is 0 Å². The highest BCUT2D eigenvalue weighted by atomic mass is 16.3. The van der Waals surface area contributed by atoms with Crippen LogP contribution in [-0.4, -0.2) is 40.7 Å². The molecule has 0 spiro atoms. The van der Waals surface area contributed by atoms with Crippen molar-refractivity contribution in [2.75, 3.05) is 19.6 Å². The van der Waals surface area contributed by atoms with Crippen LogP contribution in [-0.2, 0) is 0 Å². The second-order valence-corrected chi connectivity index (χ2v) is 7.17. The summed E-state index contributed by atoms with van der Waals surface area (Å²) in [7, 11) is 0. The number of aromatic amines is 1. The number of pyridine rings is 1. The van der Waals surface area contributed by atoms with Crippen molar-refractivity contribution in [1.29, 1.82) is 0 Å². The number of benzene rings is 2. The van der Waals surface area contributed by atoms with E-state index in [1.54, 1.807) is 36.4 Å². The fraction of sp³-hybridized carbons (Fsp3) is 0.261. The van der Waals surface area contributed by atoms with Crippen molar-refractivity contribution in [2.45, 2.75) is 18.9 Å². The van der Waals surface area contributed by atoms with Crippen LogP contribution in [0, 0.1) is 6.92 Å². The lowest BCUT2D eigenvalue weighted by Crippen LogP contribution is -2.26. The fourth-order valence-electron chi connectivity index (χ4n) is 3.23. The SMILES string of the molecule is [CH2]c1ccc(C(=O)NCCCCNC[C@H](O)c2ccc(O)c3[nH]c(=O)ccc23)cc1. The third-order valence-electron chi connectivity index (χ3n) is 4.89. The zero-order valence-electron chi connectivity index (χ0n) is 16.6. The third-order valence-corrected chi connectivity index (χ3v) is 4.89. The quantitative estimate of drug-likeness (QED) is 0.349. The molecule has 1 radical (unpaired) electrons. The number of hydrogen-bond acceptors (Lipinski definition) is 5. The summed E-state index contributed by atoms with van der Waals surface area (Å²) in [5, 5.41) is 27.1. The minimum absolute atomic E-state index is 0.0315. The monoisotopic (exact) mass is 408 g/mol. The highest BCUT2D eigenvalue weighted by molar-refractivity contribution is 5.94. The Morgan fingerprint density at radius 2 is 1.77 bits per heavy atom. The van der Waals surface area contributed by atoms with Gasteiger partial charge in [-0.3, -0.25) is 9.59 Å². The maximum atomic E-state index is 12.0. The minimum atomic E-state index is -0.783. The Balaban J connectivity index is 1.40. The second kappa shape index (κ2) is 10.0. The largest absolute Gasteiger partial charge is 0.506 e. The fourth-order valence-corrected chi connectivity index (χ4v) is 3.23. The van der Waals surface area contributed by atoms with E-state index in [2.05, 4.69) is 22.5 Å². The van der Waals surface area contributed by atoms with E-state index in [0.717, 1.165) is 18.4 Å². The van der Waals surface area contributed by atoms with Crippen molar-refractivity contribution in [3.05, 3.63) is 82.5 Å². The minimum Gasteiger partial charge on any atom is -0.506 e. The first-order valence-electron chi connectivity index (χ1n) is 9.89. The maximum absolute atomic E-state index is 12.0. The zero-order valence-corrected chi connectivity index (χ0v) is 16.6. The number of aromatic nitrogens is 1. The molecule has 5 N–H and O–H groups in total. The molecule has 3 rings (SSSR count). The summed E-state index contributed by atoms with van der Waals surface area (Å²) in [5.41, 5.74) is 2.13. The van der Waals surface area contributed by atoms with Gasteiger partial charge in [-0.15, -0.1) is 0 Å². The van der Waals surface area contributed by atoms with Gasteiger partial charge in [0.25, 0.3) is 5.91 Å². The number of amides is 1. The van der Waals surface area contributed by atoms with Crippen LogP contribution < -0.4 is 16.2 Å². The molecule has 0 bridgehead atoms. The number of H-pyrrole nitrogens is 1. The van der Waals surface area contributed by atoms with E-state index < -0.39 is 6.10 Å². The van der Waals surface area contributed by atoms with E-state index in [4.69, 9.17) is 0 Å². The molecule has 3 aromatic rings. The molecule has 0 fully saturated rings. The Labute approximate surface area is 174 Å². The van der Waals surface area contributed by atoms with E-state index in [-0.39, 0.29) is 17.2 Å². The van der Waals surface area contributed by atoms with Gasteiger partial charge in [0.05, 0.1) is 11.6 Å². The predicted octanol–water partition coefficient (Wildman–Crippen LogP) is 2.25. The summed E-state index contributed by atoms with van der Waals surface area (Å²) in [6.45, 7) is 5.40. The smallest absolute Gasteiger partial charge is 0.251 e. The Bertz CT molecular complexity index is 1060. The van der Waals surface area contributed by atoms with Crippen LogP contribution in [0.25, 0.3) is 10.9 Å². The molecule has 157 valence electrons. The van der Waals surface area contributed by atoms with Crippen LogP contribution in [0.2, 0.25) is 0 Å². The van der Waals surface area contributed by atoms with Gasteiger partial charge in [0.2, 0.25) is 5.56 Å². The second-order valence-electron chi connectivity index (χ2n) is 7.17. The summed E-state index contributed by atoms with van der Waals surface area (Å²) in [6.07, 6.45) is 0.870. The molecule has 7 heteroatoms. The van der Waals surface area contributed by atoms with Gasteiger partial charge in [0.15, 0.2) is 0 Å². The molecule has 0 aliphatic rings. The van der Waals surface area contributed by atoms with Crippen LogP contribution in [0.15, 0.2) is 53.3 Å². The normalized spacial score (nSPS) is 12.1. The number of hydrogen-bond donors (Lipinski definition) is 5. The van der Waals surface area contributed by atoms with Gasteiger partial charge < -0.3 is 25.8 Å². The van der Waals surface area contributed by atoms with Crippen LogP contribution in [0.5, 0.6) is 5.75 Å². The van der Waals surface area contributed by atoms with Crippen molar-refractivity contribution in [3.63, 3.8) is 0 Å². The molecule has 0 aliphatic carbocycles. The highest BCUT2D eigenvalue weighted by Crippen LogP contribution is 2.28. The van der Waals surface area contributed by atoms with Crippen LogP contribution in [0.1, 0.15) is 40.4 Å². The van der Waals surface area contributed by atoms with E-state index >= 15 is 0 Å². The predicted molar refractivity (Wildman–Crippen MR) is 117 cm³/mol. The van der Waals surface area contributed by atoms with Gasteiger partial charge >= 0.3 is 0 Å². The number of phenols is 1. The Morgan fingerprint density at radius 1 is 1.03 bits per heavy atom. The van der Waals surface area contributed by atoms with Gasteiger partial charge in [-0.1, -0.05) is 18.2 Å². The number of aromatic hydroxyl groups is 1. The average Bonchev–Trinajstić information content (AvgIpc) is 2.74. The van der Waals surface area contributed by atoms with Crippen molar-refractivity contribution < 1.29 is 15.0 Å². The molecule has 1 amide bonds. The molecule has 2 aromatic carbocycles. The van der Waals surface area contributed by atoms with E-state index in [0.29, 0.717) is 41.7 Å². The number of carbonyl (C=O) groups is 1. The first kappa shape index (κ1) is 21.5. The topological polar surface area (TPSA) is 114 Å². The van der Waals surface area contributed by atoms with E-state index in [9.17, 15) is 19.8 Å². The summed E-state index contributed by atoms with van der Waals surface area (Å²) in [5.74, 6) is -0.133. The highest BCUT2D eigenvalue weighted by Gasteiger charge is 2.13. The molecule has 1 atom stereocenters. The molecule has 0 saturated heterocycles. The molecule has 0 unspecified atom stereocenters. The van der Waals surface area contributed by atoms with Crippen LogP contribution in [0.4, 0.5) is 0 Å². The number of phenolic OH excluding ortho intramolecular Hbond substituents is 1. The lowest BCUT2D eigenvalue weighted by Gasteiger charge is -2.15. The standard InChI is InChI=1S/C23H26N3O4/c1-15-4-6-16(7-5-15)23(30)25-13-3-2-12-24-14-20(28)17-8-10-19(27)22-18(17)9-11-21(29)26-22/h4-11,20,24,27-28H,1-3,12-14H2,(H,25,30)(H,26,29)/t20-/m0/s1. The molecular formula is C23H26N3O4. The van der Waals surface area contributed by atoms with Gasteiger partial charge in [0, 0.05) is 30.1 Å². The Kier molecular flexibility index (Phi) is 7.21. The molecule has 1 heterocycles. The lowest BCUT2D eigenvalue weighted by molar-refractivity contribution is 0.0953. The van der Waals surface area contributed by atoms with Gasteiger partial charge in [-0.05, 0) is 61.7 Å². The summed E-state index contributed by atoms with van der Waals surface area (Å²) in [4.78, 5) is 26.1. The van der Waals surface area contributed by atoms with Gasteiger partial charge in [0.1, 0.15) is 5.75 Å². The summed E-state index contributed by atoms with van der Waals surface area (Å²) in [6, 6.07) is 13.2. The molecule has 1 aromatic heterocycles. The lowest BCUT2D eigenvalue weighted by atomic mass is 10.0. The number of fused-ring (bicyclic) bond motifs is 1. The molecule has 30 heavy (non-hydrogen) atoms. The number of unbranched alkanes of at least 4 members (excludes halogenated alkanes) is 1. The molecule has 0 saturated carbocycles. The Hall–Kier alpha value is -3.16. The number of aliphatic hydroxyl groups is 1. The van der Waals surface area contributed by atoms with Crippen LogP contribution in [0.3, 0.4) is 0 Å². The summed E-state index contributed by atoms with van der Waals surface area (Å²) >= 11 is 0. The van der Waals surface area contributed by atoms with Crippen molar-refractivity contribution in [1.82, 2.24) is 15.6 Å². The number of rotatable bonds is 9.